The summed E-state index contributed by atoms with van der Waals surface area (Å²) < 4.78 is 25.0. The predicted octanol–water partition coefficient (Wildman–Crippen LogP) is 11.0. The van der Waals surface area contributed by atoms with E-state index < -0.39 is 14.1 Å². The predicted molar refractivity (Wildman–Crippen MR) is 191 cm³/mol. The van der Waals surface area contributed by atoms with Crippen molar-refractivity contribution >= 4 is 24.2 Å². The fourth-order valence-corrected chi connectivity index (χ4v) is 12.3. The largest absolute Gasteiger partial charge is 0.413 e. The number of unbranched alkanes of at least 4 members (excludes halogenated alkanes) is 1. The van der Waals surface area contributed by atoms with E-state index in [1.165, 1.54) is 0 Å². The number of rotatable bonds is 18. The highest BCUT2D eigenvalue weighted by Crippen LogP contribution is 2.43. The van der Waals surface area contributed by atoms with Crippen LogP contribution in [0.3, 0.4) is 0 Å². The number of hydrogen-bond donors (Lipinski definition) is 0. The number of allylic oxidation sites excluding steroid dienone is 5. The van der Waals surface area contributed by atoms with Crippen LogP contribution in [-0.4, -0.2) is 45.1 Å². The Morgan fingerprint density at radius 1 is 0.953 bits per heavy atom. The Morgan fingerprint density at radius 3 is 2.16 bits per heavy atom. The Hall–Kier alpha value is -0.943. The van der Waals surface area contributed by atoms with Crippen molar-refractivity contribution in [2.75, 3.05) is 7.11 Å². The van der Waals surface area contributed by atoms with Gasteiger partial charge in [0, 0.05) is 47.9 Å². The Bertz CT molecular complexity index is 945. The molecule has 0 aromatic rings. The molecule has 0 aliphatic carbocycles. The zero-order valence-corrected chi connectivity index (χ0v) is 32.0. The van der Waals surface area contributed by atoms with E-state index in [0.29, 0.717) is 22.7 Å². The smallest absolute Gasteiger partial charge is 0.200 e. The molecule has 0 bridgehead atoms. The minimum Gasteiger partial charge on any atom is -0.413 e. The maximum Gasteiger partial charge on any atom is 0.200 e. The standard InChI is InChI=1S/C37H63BrO4Si/c1-29(2)43(30(3)4,31(5)6)42-32(7)22-17-14-13-15-19-25-34-28-35(41-37(10,11)40-34)26-20-16-18-23-33(24-21-27-38)36(8,9)39-12/h13,15-16,18-20,23,25,29-35H,14,17,22,24,26,28H2,1-12H3/b15-13+,20-16-,23-18+,25-19+/t32-,33?,34+,35+/m1/s1. The van der Waals surface area contributed by atoms with Gasteiger partial charge in [-0.15, -0.1) is 0 Å². The lowest BCUT2D eigenvalue weighted by atomic mass is 9.87. The molecule has 6 heteroatoms. The summed E-state index contributed by atoms with van der Waals surface area (Å²) in [6.45, 7) is 24.6. The molecule has 1 aliphatic heterocycles. The Labute approximate surface area is 275 Å². The van der Waals surface area contributed by atoms with Crippen LogP contribution >= 0.6 is 15.9 Å². The van der Waals surface area contributed by atoms with Gasteiger partial charge in [0.15, 0.2) is 5.79 Å². The van der Waals surface area contributed by atoms with Crippen molar-refractivity contribution in [3.8, 4) is 10.8 Å². The zero-order valence-electron chi connectivity index (χ0n) is 29.4. The molecule has 4 atom stereocenters. The molecule has 43 heavy (non-hydrogen) atoms. The van der Waals surface area contributed by atoms with Gasteiger partial charge in [-0.25, -0.2) is 0 Å². The SMILES string of the molecule is COC(C)(C)C(/C=C/C=C\C[C@H]1C[C@H](/C=C/C=C/CCC[C@@H](C)O[Si](C(C)C)(C(C)C)C(C)C)OC(C)(C)O1)CC#CBr. The molecular formula is C37H63BrO4Si. The minimum atomic E-state index is -1.81. The van der Waals surface area contributed by atoms with Crippen LogP contribution in [0.5, 0.6) is 0 Å². The average Bonchev–Trinajstić information content (AvgIpc) is 2.91. The van der Waals surface area contributed by atoms with Crippen LogP contribution in [-0.2, 0) is 18.6 Å². The lowest BCUT2D eigenvalue weighted by Gasteiger charge is -2.44. The fourth-order valence-electron chi connectivity index (χ4n) is 6.47. The highest BCUT2D eigenvalue weighted by molar-refractivity contribution is 9.12. The second-order valence-corrected chi connectivity index (χ2v) is 19.8. The van der Waals surface area contributed by atoms with Crippen LogP contribution in [0.25, 0.3) is 0 Å². The third kappa shape index (κ3) is 13.9. The first-order valence-electron chi connectivity index (χ1n) is 16.4. The molecule has 4 nitrogen and oxygen atoms in total. The molecule has 0 amide bonds. The molecule has 0 N–H and O–H groups in total. The summed E-state index contributed by atoms with van der Waals surface area (Å²) in [6, 6.07) is 0. The van der Waals surface area contributed by atoms with Crippen LogP contribution in [0, 0.1) is 16.7 Å². The molecule has 1 saturated heterocycles. The molecule has 1 aliphatic rings. The first kappa shape index (κ1) is 40.1. The minimum absolute atomic E-state index is 0.0339. The van der Waals surface area contributed by atoms with E-state index in [4.69, 9.17) is 18.6 Å². The highest BCUT2D eigenvalue weighted by atomic mass is 79.9. The molecule has 1 heterocycles. The van der Waals surface area contributed by atoms with Gasteiger partial charge in [0.05, 0.1) is 17.8 Å². The van der Waals surface area contributed by atoms with E-state index in [1.54, 1.807) is 7.11 Å². The summed E-state index contributed by atoms with van der Waals surface area (Å²) in [5.41, 5.74) is 1.60. The van der Waals surface area contributed by atoms with Crippen LogP contribution < -0.4 is 0 Å². The number of halogens is 1. The van der Waals surface area contributed by atoms with E-state index in [-0.39, 0.29) is 23.7 Å². The Kier molecular flexibility index (Phi) is 18.2. The number of hydrogen-bond acceptors (Lipinski definition) is 4. The highest BCUT2D eigenvalue weighted by Gasteiger charge is 2.45. The van der Waals surface area contributed by atoms with Crippen LogP contribution in [0.1, 0.15) is 115 Å². The van der Waals surface area contributed by atoms with Gasteiger partial charge >= 0.3 is 0 Å². The monoisotopic (exact) mass is 678 g/mol. The van der Waals surface area contributed by atoms with Crippen molar-refractivity contribution in [3.05, 3.63) is 48.6 Å². The molecule has 1 rings (SSSR count). The summed E-state index contributed by atoms with van der Waals surface area (Å²) >= 11 is 3.19. The molecule has 0 radical (unpaired) electrons. The van der Waals surface area contributed by atoms with Gasteiger partial charge in [-0.05, 0) is 81.8 Å². The Balaban J connectivity index is 2.59. The van der Waals surface area contributed by atoms with Crippen LogP contribution in [0.2, 0.25) is 16.6 Å². The summed E-state index contributed by atoms with van der Waals surface area (Å²) in [5.74, 6) is 2.70. The van der Waals surface area contributed by atoms with Gasteiger partial charge in [-0.3, -0.25) is 0 Å². The van der Waals surface area contributed by atoms with Crippen molar-refractivity contribution in [1.82, 2.24) is 0 Å². The lowest BCUT2D eigenvalue weighted by molar-refractivity contribution is -0.289. The first-order valence-corrected chi connectivity index (χ1v) is 19.4. The van der Waals surface area contributed by atoms with E-state index in [2.05, 4.69) is 138 Å². The average molecular weight is 680 g/mol. The van der Waals surface area contributed by atoms with Crippen molar-refractivity contribution < 1.29 is 18.6 Å². The van der Waals surface area contributed by atoms with E-state index in [1.807, 2.05) is 13.8 Å². The lowest BCUT2D eigenvalue weighted by Crippen LogP contribution is -2.49. The summed E-state index contributed by atoms with van der Waals surface area (Å²) in [7, 11) is -0.0616. The van der Waals surface area contributed by atoms with Crippen LogP contribution in [0.15, 0.2) is 48.6 Å². The summed E-state index contributed by atoms with van der Waals surface area (Å²) in [5, 5.41) is 0. The van der Waals surface area contributed by atoms with E-state index in [0.717, 1.165) is 38.5 Å². The number of methoxy groups -OCH3 is 1. The van der Waals surface area contributed by atoms with Gasteiger partial charge in [0.2, 0.25) is 8.32 Å². The maximum absolute atomic E-state index is 6.90. The fraction of sp³-hybridized carbons (Fsp3) is 0.730. The quantitative estimate of drug-likeness (QED) is 0.0625. The molecule has 0 aromatic carbocycles. The second kappa shape index (κ2) is 19.5. The third-order valence-electron chi connectivity index (χ3n) is 8.85. The summed E-state index contributed by atoms with van der Waals surface area (Å²) in [6.07, 6.45) is 23.4. The van der Waals surface area contributed by atoms with Gasteiger partial charge in [0.1, 0.15) is 0 Å². The zero-order chi connectivity index (χ0) is 32.7. The van der Waals surface area contributed by atoms with Crippen molar-refractivity contribution in [3.63, 3.8) is 0 Å². The van der Waals surface area contributed by atoms with Gasteiger partial charge in [-0.2, -0.15) is 0 Å². The molecule has 246 valence electrons. The second-order valence-electron chi connectivity index (χ2n) is 14.0. The van der Waals surface area contributed by atoms with Crippen molar-refractivity contribution in [2.24, 2.45) is 5.92 Å². The molecular weight excluding hydrogens is 616 g/mol. The molecule has 0 spiro atoms. The van der Waals surface area contributed by atoms with Gasteiger partial charge in [-0.1, -0.05) is 96.1 Å². The van der Waals surface area contributed by atoms with Crippen molar-refractivity contribution in [2.45, 2.75) is 161 Å². The molecule has 0 saturated carbocycles. The Morgan fingerprint density at radius 2 is 1.58 bits per heavy atom. The first-order chi connectivity index (χ1) is 20.1. The molecule has 1 unspecified atom stereocenters. The molecule has 1 fully saturated rings. The number of ether oxygens (including phenoxy) is 3. The van der Waals surface area contributed by atoms with Crippen LogP contribution in [0.4, 0.5) is 0 Å². The molecule has 0 aromatic heterocycles. The van der Waals surface area contributed by atoms with Gasteiger partial charge in [0.25, 0.3) is 0 Å². The van der Waals surface area contributed by atoms with E-state index in [9.17, 15) is 0 Å². The van der Waals surface area contributed by atoms with E-state index >= 15 is 0 Å². The normalized spacial score (nSPS) is 21.6. The van der Waals surface area contributed by atoms with Gasteiger partial charge < -0.3 is 18.6 Å². The topological polar surface area (TPSA) is 36.9 Å². The summed E-state index contributed by atoms with van der Waals surface area (Å²) in [4.78, 5) is 2.81. The maximum atomic E-state index is 6.90. The third-order valence-corrected chi connectivity index (χ3v) is 15.4. The van der Waals surface area contributed by atoms with Crippen molar-refractivity contribution in [1.29, 1.82) is 0 Å².